The fourth-order valence-electron chi connectivity index (χ4n) is 3.67. The molecule has 0 amide bonds. The van der Waals surface area contributed by atoms with E-state index in [0.717, 1.165) is 42.6 Å². The predicted molar refractivity (Wildman–Crippen MR) is 119 cm³/mol. The zero-order valence-electron chi connectivity index (χ0n) is 16.5. The quantitative estimate of drug-likeness (QED) is 0.582. The van der Waals surface area contributed by atoms with Crippen LogP contribution < -0.4 is 10.1 Å². The van der Waals surface area contributed by atoms with Crippen LogP contribution in [0.5, 0.6) is 5.75 Å². The third-order valence-electron chi connectivity index (χ3n) is 5.03. The van der Waals surface area contributed by atoms with Gasteiger partial charge in [0, 0.05) is 36.4 Å². The van der Waals surface area contributed by atoms with Crippen LogP contribution in [-0.2, 0) is 6.54 Å². The summed E-state index contributed by atoms with van der Waals surface area (Å²) in [6.07, 6.45) is 6.02. The summed E-state index contributed by atoms with van der Waals surface area (Å²) in [6.45, 7) is 3.85. The summed E-state index contributed by atoms with van der Waals surface area (Å²) in [6, 6.07) is 10.5. The fraction of sp³-hybridized carbons (Fsp3) is 0.381. The number of thiazole rings is 1. The smallest absolute Gasteiger partial charge is 0.188 e. The van der Waals surface area contributed by atoms with Gasteiger partial charge in [0.25, 0.3) is 0 Å². The Morgan fingerprint density at radius 3 is 2.66 bits per heavy atom. The highest BCUT2D eigenvalue weighted by atomic mass is 35.5. The number of ether oxygens (including phenoxy) is 1. The molecule has 0 radical (unpaired) electrons. The first-order valence-electron chi connectivity index (χ1n) is 9.64. The highest BCUT2D eigenvalue weighted by Gasteiger charge is 2.25. The summed E-state index contributed by atoms with van der Waals surface area (Å²) >= 11 is 1.58. The lowest BCUT2D eigenvalue weighted by Crippen LogP contribution is -2.34. The van der Waals surface area contributed by atoms with Crippen LogP contribution in [0.1, 0.15) is 30.1 Å². The van der Waals surface area contributed by atoms with Crippen LogP contribution >= 0.6 is 23.7 Å². The van der Waals surface area contributed by atoms with Gasteiger partial charge in [-0.25, -0.2) is 15.0 Å². The van der Waals surface area contributed by atoms with Crippen LogP contribution in [0.4, 0.5) is 0 Å². The maximum atomic E-state index is 5.62. The SMILES string of the molecule is COc1ccccc1C(CNCc1csc(-c2ncccn2)n1)N1CCCC1.Cl. The molecule has 154 valence electrons. The zero-order valence-corrected chi connectivity index (χ0v) is 18.1. The molecule has 1 saturated heterocycles. The Hall–Kier alpha value is -2.06. The van der Waals surface area contributed by atoms with Gasteiger partial charge < -0.3 is 10.1 Å². The number of benzene rings is 1. The van der Waals surface area contributed by atoms with E-state index >= 15 is 0 Å². The number of hydrogen-bond acceptors (Lipinski definition) is 7. The third kappa shape index (κ3) is 5.30. The summed E-state index contributed by atoms with van der Waals surface area (Å²) in [5, 5.41) is 6.53. The molecule has 1 aliphatic rings. The molecule has 1 atom stereocenters. The van der Waals surface area contributed by atoms with Crippen molar-refractivity contribution >= 4 is 23.7 Å². The molecule has 1 aromatic carbocycles. The molecule has 4 rings (SSSR count). The second-order valence-electron chi connectivity index (χ2n) is 6.85. The lowest BCUT2D eigenvalue weighted by Gasteiger charge is -2.29. The largest absolute Gasteiger partial charge is 0.496 e. The van der Waals surface area contributed by atoms with Crippen molar-refractivity contribution in [2.45, 2.75) is 25.4 Å². The van der Waals surface area contributed by atoms with E-state index in [2.05, 4.69) is 42.7 Å². The monoisotopic (exact) mass is 431 g/mol. The molecule has 1 unspecified atom stereocenters. The van der Waals surface area contributed by atoms with Crippen molar-refractivity contribution in [3.63, 3.8) is 0 Å². The molecule has 3 heterocycles. The molecule has 1 aliphatic heterocycles. The number of nitrogens with zero attached hydrogens (tertiary/aromatic N) is 4. The molecule has 0 bridgehead atoms. The van der Waals surface area contributed by atoms with Crippen LogP contribution in [0, 0.1) is 0 Å². The van der Waals surface area contributed by atoms with Gasteiger partial charge in [0.1, 0.15) is 5.75 Å². The molecule has 0 spiro atoms. The molecule has 29 heavy (non-hydrogen) atoms. The normalized spacial score (nSPS) is 15.1. The third-order valence-corrected chi connectivity index (χ3v) is 5.92. The number of rotatable bonds is 8. The maximum absolute atomic E-state index is 5.62. The van der Waals surface area contributed by atoms with E-state index in [0.29, 0.717) is 11.9 Å². The van der Waals surface area contributed by atoms with E-state index in [9.17, 15) is 0 Å². The molecular formula is C21H26ClN5OS. The van der Waals surface area contributed by atoms with Gasteiger partial charge in [0.05, 0.1) is 18.8 Å². The van der Waals surface area contributed by atoms with Crippen LogP contribution in [0.15, 0.2) is 48.1 Å². The number of methoxy groups -OCH3 is 1. The van der Waals surface area contributed by atoms with Crippen molar-refractivity contribution in [2.75, 3.05) is 26.7 Å². The minimum Gasteiger partial charge on any atom is -0.496 e. The Kier molecular flexibility index (Phi) is 7.94. The van der Waals surface area contributed by atoms with Crippen molar-refractivity contribution in [3.8, 4) is 16.6 Å². The van der Waals surface area contributed by atoms with Crippen molar-refractivity contribution in [1.82, 2.24) is 25.2 Å². The van der Waals surface area contributed by atoms with E-state index in [1.807, 2.05) is 18.2 Å². The van der Waals surface area contributed by atoms with Gasteiger partial charge in [0.2, 0.25) is 0 Å². The average Bonchev–Trinajstić information content (AvgIpc) is 3.44. The lowest BCUT2D eigenvalue weighted by atomic mass is 10.0. The maximum Gasteiger partial charge on any atom is 0.188 e. The Bertz CT molecular complexity index is 886. The van der Waals surface area contributed by atoms with Gasteiger partial charge >= 0.3 is 0 Å². The number of hydrogen-bond donors (Lipinski definition) is 1. The number of para-hydroxylation sites is 1. The number of aromatic nitrogens is 3. The average molecular weight is 432 g/mol. The van der Waals surface area contributed by atoms with E-state index in [1.165, 1.54) is 18.4 Å². The number of halogens is 1. The summed E-state index contributed by atoms with van der Waals surface area (Å²) in [7, 11) is 1.75. The van der Waals surface area contributed by atoms with Gasteiger partial charge in [0.15, 0.2) is 10.8 Å². The minimum atomic E-state index is 0. The summed E-state index contributed by atoms with van der Waals surface area (Å²) < 4.78 is 5.62. The van der Waals surface area contributed by atoms with Crippen molar-refractivity contribution in [1.29, 1.82) is 0 Å². The molecule has 6 nitrogen and oxygen atoms in total. The highest BCUT2D eigenvalue weighted by Crippen LogP contribution is 2.31. The second-order valence-corrected chi connectivity index (χ2v) is 7.71. The molecular weight excluding hydrogens is 406 g/mol. The first-order valence-corrected chi connectivity index (χ1v) is 10.5. The van der Waals surface area contributed by atoms with E-state index in [4.69, 9.17) is 4.74 Å². The van der Waals surface area contributed by atoms with Gasteiger partial charge in [-0.3, -0.25) is 4.90 Å². The van der Waals surface area contributed by atoms with Crippen LogP contribution in [0.2, 0.25) is 0 Å². The summed E-state index contributed by atoms with van der Waals surface area (Å²) in [5.41, 5.74) is 2.27. The Labute approximate surface area is 181 Å². The van der Waals surface area contributed by atoms with Crippen LogP contribution in [0.3, 0.4) is 0 Å². The van der Waals surface area contributed by atoms with Gasteiger partial charge in [-0.2, -0.15) is 0 Å². The van der Waals surface area contributed by atoms with Gasteiger partial charge in [-0.15, -0.1) is 23.7 Å². The van der Waals surface area contributed by atoms with Gasteiger partial charge in [-0.1, -0.05) is 18.2 Å². The number of likely N-dealkylation sites (tertiary alicyclic amines) is 1. The highest BCUT2D eigenvalue weighted by molar-refractivity contribution is 7.13. The minimum absolute atomic E-state index is 0. The first-order chi connectivity index (χ1) is 13.8. The summed E-state index contributed by atoms with van der Waals surface area (Å²) in [5.74, 6) is 1.64. The number of nitrogens with one attached hydrogen (secondary N) is 1. The molecule has 0 saturated carbocycles. The van der Waals surface area contributed by atoms with E-state index < -0.39 is 0 Å². The zero-order chi connectivity index (χ0) is 19.2. The van der Waals surface area contributed by atoms with Crippen molar-refractivity contribution in [3.05, 3.63) is 59.4 Å². The molecule has 0 aliphatic carbocycles. The molecule has 1 N–H and O–H groups in total. The van der Waals surface area contributed by atoms with E-state index in [-0.39, 0.29) is 12.4 Å². The van der Waals surface area contributed by atoms with Crippen molar-refractivity contribution < 1.29 is 4.74 Å². The predicted octanol–water partition coefficient (Wildman–Crippen LogP) is 3.96. The van der Waals surface area contributed by atoms with E-state index in [1.54, 1.807) is 30.8 Å². The summed E-state index contributed by atoms with van der Waals surface area (Å²) in [4.78, 5) is 15.8. The molecule has 2 aromatic heterocycles. The molecule has 3 aromatic rings. The molecule has 1 fully saturated rings. The van der Waals surface area contributed by atoms with Crippen LogP contribution in [0.25, 0.3) is 10.8 Å². The Morgan fingerprint density at radius 2 is 1.90 bits per heavy atom. The Morgan fingerprint density at radius 1 is 1.14 bits per heavy atom. The van der Waals surface area contributed by atoms with Crippen molar-refractivity contribution in [2.24, 2.45) is 0 Å². The topological polar surface area (TPSA) is 63.2 Å². The van der Waals surface area contributed by atoms with Gasteiger partial charge in [-0.05, 0) is 38.1 Å². The first kappa shape index (κ1) is 21.6. The second kappa shape index (κ2) is 10.6. The molecule has 8 heteroatoms. The van der Waals surface area contributed by atoms with Crippen LogP contribution in [-0.4, -0.2) is 46.6 Å². The fourth-order valence-corrected chi connectivity index (χ4v) is 4.43. The standard InChI is InChI=1S/C21H25N5OS.ClH/c1-27-19-8-3-2-7-17(19)18(26-11-4-5-12-26)14-22-13-16-15-28-21(25-16)20-23-9-6-10-24-20;/h2-3,6-10,15,18,22H,4-5,11-14H2,1H3;1H. The lowest BCUT2D eigenvalue weighted by molar-refractivity contribution is 0.232. The Balaban J connectivity index is 0.00000240.